The molecule has 320 valence electrons. The molecule has 0 bridgehead atoms. The number of amides is 4. The van der Waals surface area contributed by atoms with Gasteiger partial charge in [0.15, 0.2) is 0 Å². The molecule has 0 spiro atoms. The summed E-state index contributed by atoms with van der Waals surface area (Å²) >= 11 is 0. The van der Waals surface area contributed by atoms with Gasteiger partial charge in [0.05, 0.1) is 55.9 Å². The smallest absolute Gasteiger partial charge is 0.407 e. The Morgan fingerprint density at radius 1 is 0.889 bits per heavy atom. The maximum atomic E-state index is 14.0. The Hall–Kier alpha value is -7.27. The van der Waals surface area contributed by atoms with Crippen LogP contribution < -0.4 is 15.5 Å². The van der Waals surface area contributed by atoms with Gasteiger partial charge in [-0.1, -0.05) is 80.6 Å². The van der Waals surface area contributed by atoms with Crippen molar-refractivity contribution in [2.24, 2.45) is 16.8 Å². The van der Waals surface area contributed by atoms with Gasteiger partial charge in [0, 0.05) is 31.3 Å². The van der Waals surface area contributed by atoms with Crippen molar-refractivity contribution in [2.45, 2.75) is 70.1 Å². The zero-order chi connectivity index (χ0) is 43.9. The van der Waals surface area contributed by atoms with E-state index in [0.717, 1.165) is 66.8 Å². The van der Waals surface area contributed by atoms with Crippen LogP contribution in [-0.2, 0) is 31.9 Å². The van der Waals surface area contributed by atoms with Crippen molar-refractivity contribution in [3.8, 4) is 28.5 Å². The van der Waals surface area contributed by atoms with Crippen LogP contribution in [0.25, 0.3) is 38.7 Å². The molecule has 5 heterocycles. The lowest BCUT2D eigenvalue weighted by Gasteiger charge is -2.31. The highest BCUT2D eigenvalue weighted by Crippen LogP contribution is 2.45. The average Bonchev–Trinajstić information content (AvgIpc) is 4.13. The number of carbonyl (C=O) groups is 4. The van der Waals surface area contributed by atoms with Gasteiger partial charge in [-0.3, -0.25) is 19.5 Å². The third-order valence-electron chi connectivity index (χ3n) is 12.8. The minimum Gasteiger partial charge on any atom is -0.453 e. The quantitative estimate of drug-likeness (QED) is 0.136. The maximum absolute atomic E-state index is 14.0. The van der Waals surface area contributed by atoms with Gasteiger partial charge in [0.25, 0.3) is 0 Å². The number of nitrogens with zero attached hydrogens (tertiary/aromatic N) is 5. The van der Waals surface area contributed by atoms with Gasteiger partial charge in [0.1, 0.15) is 17.9 Å². The molecule has 9 rings (SSSR count). The minimum absolute atomic E-state index is 0.175. The van der Waals surface area contributed by atoms with Crippen LogP contribution in [0.5, 0.6) is 0 Å². The molecule has 0 saturated carbocycles. The van der Waals surface area contributed by atoms with Crippen LogP contribution in [0.15, 0.2) is 96.3 Å². The van der Waals surface area contributed by atoms with Crippen LogP contribution in [0.1, 0.15) is 61.7 Å². The number of fused-ring (bicyclic) bond motifs is 1. The molecule has 4 amide bonds. The summed E-state index contributed by atoms with van der Waals surface area (Å²) in [6.07, 6.45) is 5.17. The first-order valence-corrected chi connectivity index (χ1v) is 21.3. The molecule has 4 aliphatic heterocycles. The topological polar surface area (TPSA) is 182 Å². The molecule has 5 atom stereocenters. The summed E-state index contributed by atoms with van der Waals surface area (Å²) in [5, 5.41) is 17.4. The first-order chi connectivity index (χ1) is 30.5. The lowest BCUT2D eigenvalue weighted by Crippen LogP contribution is -2.53. The van der Waals surface area contributed by atoms with E-state index in [1.807, 2.05) is 38.4 Å². The van der Waals surface area contributed by atoms with E-state index in [2.05, 4.69) is 88.4 Å². The van der Waals surface area contributed by atoms with Crippen molar-refractivity contribution in [1.29, 1.82) is 5.26 Å². The third kappa shape index (κ3) is 7.79. The fraction of sp³-hybridized carbons (Fsp3) is 0.327. The molecular weight excluding hydrogens is 797 g/mol. The number of H-pyrrole nitrogens is 1. The molecule has 14 heteroatoms. The summed E-state index contributed by atoms with van der Waals surface area (Å²) in [6, 6.07) is 27.4. The summed E-state index contributed by atoms with van der Waals surface area (Å²) < 4.78 is 9.59. The monoisotopic (exact) mass is 844 g/mol. The zero-order valence-corrected chi connectivity index (χ0v) is 35.6. The molecule has 0 radical (unpaired) electrons. The number of anilines is 1. The fourth-order valence-corrected chi connectivity index (χ4v) is 9.50. The normalized spacial score (nSPS) is 20.7. The van der Waals surface area contributed by atoms with E-state index in [4.69, 9.17) is 19.5 Å². The van der Waals surface area contributed by atoms with Gasteiger partial charge < -0.3 is 30.0 Å². The average molecular weight is 845 g/mol. The van der Waals surface area contributed by atoms with E-state index in [9.17, 15) is 24.4 Å². The number of hydrogen-bond acceptors (Lipinski definition) is 9. The number of aliphatic imine (C=N–C) groups is 1. The van der Waals surface area contributed by atoms with Crippen LogP contribution in [0.3, 0.4) is 0 Å². The number of allylic oxidation sites excluding steroid dienone is 1. The highest BCUT2D eigenvalue weighted by atomic mass is 16.5. The van der Waals surface area contributed by atoms with Crippen LogP contribution >= 0.6 is 0 Å². The number of nitrogens with one attached hydrogen (secondary N) is 3. The van der Waals surface area contributed by atoms with Gasteiger partial charge in [0.2, 0.25) is 11.8 Å². The van der Waals surface area contributed by atoms with Crippen molar-refractivity contribution in [3.63, 3.8) is 0 Å². The minimum atomic E-state index is -0.784. The van der Waals surface area contributed by atoms with E-state index in [-0.39, 0.29) is 42.3 Å². The van der Waals surface area contributed by atoms with Crippen LogP contribution in [0.2, 0.25) is 0 Å². The summed E-state index contributed by atoms with van der Waals surface area (Å²) in [4.78, 5) is 68.5. The van der Waals surface area contributed by atoms with Crippen LogP contribution in [0.4, 0.5) is 15.3 Å². The van der Waals surface area contributed by atoms with Gasteiger partial charge >= 0.3 is 12.2 Å². The summed E-state index contributed by atoms with van der Waals surface area (Å²) in [5.41, 5.74) is 9.93. The second kappa shape index (κ2) is 16.9. The number of para-hydroxylation sites is 1. The predicted molar refractivity (Wildman–Crippen MR) is 238 cm³/mol. The van der Waals surface area contributed by atoms with E-state index >= 15 is 0 Å². The molecule has 14 nitrogen and oxygen atoms in total. The van der Waals surface area contributed by atoms with Crippen LogP contribution in [0, 0.1) is 23.2 Å². The lowest BCUT2D eigenvalue weighted by atomic mass is 9.94. The number of aromatic nitrogens is 2. The molecule has 4 aliphatic rings. The molecule has 4 aromatic carbocycles. The standard InChI is InChI=1S/C49H48N8O6/c1-27(2)43(55-49(61)63-4)47(59)56-26-28(23-50)18-41(56)39-21-37(24-51-39)35-15-14-33-19-32(12-13-34(33)20-35)29-8-10-30(11-9-29)40-25-52-45(53-40)42-22-36-7-5-6-31-16-17-38(54-48(60)62-3)46(58)57(42)44(31)36/h5-15,19-20,24-25,27-28,38,41-43H,16-18,21-22,26H2,1-4H3,(H,52,53)(H,54,60)(H,55,61)/t28-,38+,41+,42+,43+/m1/s1. The van der Waals surface area contributed by atoms with Gasteiger partial charge in [-0.25, -0.2) is 14.6 Å². The van der Waals surface area contributed by atoms with Gasteiger partial charge in [-0.2, -0.15) is 5.26 Å². The SMILES string of the molecule is COC(=O)N[C@H]1CCc2cccc3c2N(C1=O)[C@H](c1ncc(-c2ccc(-c4ccc5cc(C6=CN=C([C@@H]7C[C@H](C#N)CN7C(=O)[C@@H](NC(=O)OC)C(C)C)C6)ccc5c4)cc2)[nH]1)C3. The Labute approximate surface area is 365 Å². The highest BCUT2D eigenvalue weighted by Gasteiger charge is 2.44. The Morgan fingerprint density at radius 2 is 1.59 bits per heavy atom. The Balaban J connectivity index is 0.879. The number of hydrogen-bond donors (Lipinski definition) is 3. The number of imidazole rings is 1. The van der Waals surface area contributed by atoms with E-state index in [1.54, 1.807) is 9.80 Å². The van der Waals surface area contributed by atoms with E-state index < -0.39 is 24.3 Å². The molecule has 63 heavy (non-hydrogen) atoms. The molecular formula is C49H48N8O6. The number of rotatable bonds is 9. The van der Waals surface area contributed by atoms with Crippen molar-refractivity contribution >= 4 is 51.7 Å². The summed E-state index contributed by atoms with van der Waals surface area (Å²) in [5.74, 6) is -0.242. The second-order valence-corrected chi connectivity index (χ2v) is 17.0. The molecule has 1 fully saturated rings. The highest BCUT2D eigenvalue weighted by molar-refractivity contribution is 6.05. The number of benzene rings is 4. The zero-order valence-electron chi connectivity index (χ0n) is 35.6. The number of aromatic amines is 1. The molecule has 5 aromatic rings. The van der Waals surface area contributed by atoms with Crippen molar-refractivity contribution in [1.82, 2.24) is 25.5 Å². The molecule has 0 unspecified atom stereocenters. The largest absolute Gasteiger partial charge is 0.453 e. The predicted octanol–water partition coefficient (Wildman–Crippen LogP) is 7.50. The number of aryl methyl sites for hydroxylation is 1. The first-order valence-electron chi connectivity index (χ1n) is 21.3. The second-order valence-electron chi connectivity index (χ2n) is 17.0. The third-order valence-corrected chi connectivity index (χ3v) is 12.8. The van der Waals surface area contributed by atoms with Crippen molar-refractivity contribution in [2.75, 3.05) is 25.7 Å². The van der Waals surface area contributed by atoms with Crippen molar-refractivity contribution < 1.29 is 28.7 Å². The van der Waals surface area contributed by atoms with Gasteiger partial charge in [-0.05, 0) is 87.0 Å². The van der Waals surface area contributed by atoms with Crippen molar-refractivity contribution in [3.05, 3.63) is 114 Å². The molecule has 1 saturated heterocycles. The fourth-order valence-electron chi connectivity index (χ4n) is 9.50. The summed E-state index contributed by atoms with van der Waals surface area (Å²) in [7, 11) is 2.56. The number of likely N-dealkylation sites (tertiary alicyclic amines) is 1. The molecule has 0 aliphatic carbocycles. The maximum Gasteiger partial charge on any atom is 0.407 e. The number of carbonyl (C=O) groups excluding carboxylic acids is 4. The van der Waals surface area contributed by atoms with Crippen LogP contribution in [-0.4, -0.2) is 83.5 Å². The number of methoxy groups -OCH3 is 2. The molecule has 3 N–H and O–H groups in total. The molecule has 1 aromatic heterocycles. The number of ether oxygens (including phenoxy) is 2. The lowest BCUT2D eigenvalue weighted by molar-refractivity contribution is -0.134. The Bertz CT molecular complexity index is 2750. The number of alkyl carbamates (subject to hydrolysis) is 2. The number of nitriles is 1. The van der Waals surface area contributed by atoms with E-state index in [0.29, 0.717) is 37.9 Å². The Kier molecular flexibility index (Phi) is 11.0. The Morgan fingerprint density at radius 3 is 2.32 bits per heavy atom. The van der Waals surface area contributed by atoms with Gasteiger partial charge in [-0.15, -0.1) is 0 Å². The van der Waals surface area contributed by atoms with E-state index in [1.165, 1.54) is 14.2 Å². The first kappa shape index (κ1) is 41.1. The summed E-state index contributed by atoms with van der Waals surface area (Å²) in [6.45, 7) is 4.01.